The van der Waals surface area contributed by atoms with Crippen molar-refractivity contribution in [3.63, 3.8) is 0 Å². The highest BCUT2D eigenvalue weighted by Gasteiger charge is 2.49. The molecule has 3 fully saturated rings. The molecule has 0 radical (unpaired) electrons. The fourth-order valence-electron chi connectivity index (χ4n) is 5.61. The lowest BCUT2D eigenvalue weighted by molar-refractivity contribution is -0.132. The van der Waals surface area contributed by atoms with Crippen LogP contribution in [0.3, 0.4) is 0 Å². The van der Waals surface area contributed by atoms with Gasteiger partial charge >= 0.3 is 0 Å². The first-order chi connectivity index (χ1) is 15.0. The number of aryl methyl sites for hydroxylation is 1. The molecular formula is C25H31N3O2S. The zero-order chi connectivity index (χ0) is 21.4. The van der Waals surface area contributed by atoms with E-state index < -0.39 is 4.75 Å². The van der Waals surface area contributed by atoms with E-state index in [0.717, 1.165) is 37.5 Å². The number of thioether (sulfide) groups is 1. The van der Waals surface area contributed by atoms with Gasteiger partial charge in [-0.05, 0) is 62.8 Å². The van der Waals surface area contributed by atoms with E-state index in [-0.39, 0.29) is 17.7 Å². The molecule has 0 spiro atoms. The van der Waals surface area contributed by atoms with Crippen LogP contribution < -0.4 is 5.32 Å². The number of allylic oxidation sites excluding steroid dienone is 2. The molecule has 5 nitrogen and oxygen atoms in total. The van der Waals surface area contributed by atoms with Gasteiger partial charge in [0.25, 0.3) is 0 Å². The second-order valence-corrected chi connectivity index (χ2v) is 11.0. The third-order valence-corrected chi connectivity index (χ3v) is 8.94. The summed E-state index contributed by atoms with van der Waals surface area (Å²) in [4.78, 5) is 32.4. The number of fused-ring (bicyclic) bond motifs is 2. The number of likely N-dealkylation sites (tertiary alicyclic amines) is 1. The highest BCUT2D eigenvalue weighted by molar-refractivity contribution is 8.16. The Labute approximate surface area is 188 Å². The number of nitrogens with one attached hydrogen (secondary N) is 1. The number of carbonyl (C=O) groups excluding carboxylic acids is 2. The summed E-state index contributed by atoms with van der Waals surface area (Å²) in [5, 5.41) is 3.82. The molecule has 2 heterocycles. The molecule has 31 heavy (non-hydrogen) atoms. The molecule has 1 N–H and O–H groups in total. The Kier molecular flexibility index (Phi) is 5.67. The first-order valence-electron chi connectivity index (χ1n) is 11.6. The van der Waals surface area contributed by atoms with Gasteiger partial charge in [-0.1, -0.05) is 48.2 Å². The number of hydrogen-bond donors (Lipinski definition) is 1. The number of piperidine rings is 1. The molecule has 2 amide bonds. The van der Waals surface area contributed by atoms with Crippen LogP contribution in [0, 0.1) is 17.8 Å². The van der Waals surface area contributed by atoms with Crippen molar-refractivity contribution >= 4 is 28.7 Å². The van der Waals surface area contributed by atoms with E-state index in [9.17, 15) is 9.59 Å². The fourth-order valence-corrected chi connectivity index (χ4v) is 6.85. The zero-order valence-corrected chi connectivity index (χ0v) is 19.0. The molecule has 1 aromatic carbocycles. The summed E-state index contributed by atoms with van der Waals surface area (Å²) in [6.07, 6.45) is 9.15. The molecule has 1 saturated carbocycles. The van der Waals surface area contributed by atoms with Gasteiger partial charge in [0.1, 0.15) is 4.75 Å². The van der Waals surface area contributed by atoms with Crippen molar-refractivity contribution in [2.75, 3.05) is 13.1 Å². The number of amides is 2. The van der Waals surface area contributed by atoms with Crippen molar-refractivity contribution in [1.29, 1.82) is 0 Å². The molecule has 164 valence electrons. The van der Waals surface area contributed by atoms with Crippen molar-refractivity contribution in [2.24, 2.45) is 22.7 Å². The minimum absolute atomic E-state index is 0.0776. The highest BCUT2D eigenvalue weighted by Crippen LogP contribution is 2.47. The minimum Gasteiger partial charge on any atom is -0.343 e. The number of nitrogens with zero attached hydrogens (tertiary/aromatic N) is 2. The maximum atomic E-state index is 12.9. The summed E-state index contributed by atoms with van der Waals surface area (Å²) in [5.41, 5.74) is 2.39. The van der Waals surface area contributed by atoms with E-state index in [2.05, 4.69) is 30.4 Å². The Morgan fingerprint density at radius 3 is 2.65 bits per heavy atom. The Bertz CT molecular complexity index is 920. The predicted octanol–water partition coefficient (Wildman–Crippen LogP) is 4.15. The maximum Gasteiger partial charge on any atom is 0.242 e. The van der Waals surface area contributed by atoms with E-state index in [0.29, 0.717) is 18.3 Å². The Morgan fingerprint density at radius 2 is 1.97 bits per heavy atom. The van der Waals surface area contributed by atoms with Crippen LogP contribution in [-0.2, 0) is 16.0 Å². The molecule has 1 unspecified atom stereocenters. The number of rotatable bonds is 5. The molecule has 6 heteroatoms. The van der Waals surface area contributed by atoms with Crippen LogP contribution in [0.15, 0.2) is 47.1 Å². The lowest BCUT2D eigenvalue weighted by Gasteiger charge is -2.38. The molecule has 1 aromatic rings. The summed E-state index contributed by atoms with van der Waals surface area (Å²) < 4.78 is -0.490. The SMILES string of the molecule is CC1(C2CCN(C(=O)CCc3ccccc3)CC2)SC(=NC2=C[C@@H]3CC[C@H]2C3)NC1=O. The fraction of sp³-hybridized carbons (Fsp3) is 0.560. The summed E-state index contributed by atoms with van der Waals surface area (Å²) in [5.74, 6) is 1.85. The quantitative estimate of drug-likeness (QED) is 0.753. The average molecular weight is 438 g/mol. The van der Waals surface area contributed by atoms with E-state index in [1.807, 2.05) is 23.1 Å². The van der Waals surface area contributed by atoms with E-state index in [1.165, 1.54) is 30.5 Å². The van der Waals surface area contributed by atoms with E-state index >= 15 is 0 Å². The molecule has 5 rings (SSSR count). The summed E-state index contributed by atoms with van der Waals surface area (Å²) in [7, 11) is 0. The lowest BCUT2D eigenvalue weighted by Crippen LogP contribution is -2.47. The average Bonchev–Trinajstić information content (AvgIpc) is 3.48. The van der Waals surface area contributed by atoms with Gasteiger partial charge in [-0.25, -0.2) is 4.99 Å². The van der Waals surface area contributed by atoms with Gasteiger partial charge in [-0.3, -0.25) is 9.59 Å². The molecule has 4 aliphatic rings. The topological polar surface area (TPSA) is 61.8 Å². The Morgan fingerprint density at radius 1 is 1.19 bits per heavy atom. The van der Waals surface area contributed by atoms with Crippen molar-refractivity contribution in [3.8, 4) is 0 Å². The van der Waals surface area contributed by atoms with Gasteiger partial charge in [0, 0.05) is 31.1 Å². The first-order valence-corrected chi connectivity index (χ1v) is 12.5. The number of aliphatic imine (C=N–C) groups is 1. The maximum absolute atomic E-state index is 12.9. The third-order valence-electron chi connectivity index (χ3n) is 7.61. The van der Waals surface area contributed by atoms with Gasteiger partial charge < -0.3 is 10.2 Å². The van der Waals surface area contributed by atoms with Crippen LogP contribution in [0.5, 0.6) is 0 Å². The van der Waals surface area contributed by atoms with E-state index in [1.54, 1.807) is 11.8 Å². The minimum atomic E-state index is -0.490. The second kappa shape index (κ2) is 8.45. The summed E-state index contributed by atoms with van der Waals surface area (Å²) in [6.45, 7) is 3.54. The Balaban J connectivity index is 1.16. The summed E-state index contributed by atoms with van der Waals surface area (Å²) in [6, 6.07) is 10.2. The third kappa shape index (κ3) is 4.19. The van der Waals surface area contributed by atoms with Gasteiger partial charge in [-0.15, -0.1) is 0 Å². The van der Waals surface area contributed by atoms with Crippen LogP contribution in [0.4, 0.5) is 0 Å². The normalized spacial score (nSPS) is 31.9. The second-order valence-electron chi connectivity index (χ2n) is 9.58. The summed E-state index contributed by atoms with van der Waals surface area (Å²) >= 11 is 1.60. The first kappa shape index (κ1) is 20.8. The van der Waals surface area contributed by atoms with Crippen molar-refractivity contribution in [2.45, 2.75) is 56.6 Å². The lowest BCUT2D eigenvalue weighted by atomic mass is 9.84. The van der Waals surface area contributed by atoms with Gasteiger partial charge in [-0.2, -0.15) is 0 Å². The number of hydrogen-bond acceptors (Lipinski definition) is 4. The highest BCUT2D eigenvalue weighted by atomic mass is 32.2. The standard InChI is InChI=1S/C25H31N3O2S/c1-25(23(30)27-24(31-25)26-21-16-18-7-9-19(21)15-18)20-11-13-28(14-12-20)22(29)10-8-17-5-3-2-4-6-17/h2-6,16,18-20H,7-15H2,1H3,(H,26,27,30)/t18-,19+,25?/m1/s1. The van der Waals surface area contributed by atoms with Gasteiger partial charge in [0.2, 0.25) is 11.8 Å². The molecule has 2 bridgehead atoms. The smallest absolute Gasteiger partial charge is 0.242 e. The van der Waals surface area contributed by atoms with E-state index in [4.69, 9.17) is 4.99 Å². The predicted molar refractivity (Wildman–Crippen MR) is 125 cm³/mol. The number of benzene rings is 1. The van der Waals surface area contributed by atoms with Gasteiger partial charge in [0.05, 0.1) is 0 Å². The molecule has 2 saturated heterocycles. The number of amidine groups is 1. The van der Waals surface area contributed by atoms with Crippen LogP contribution in [0.25, 0.3) is 0 Å². The largest absolute Gasteiger partial charge is 0.343 e. The van der Waals surface area contributed by atoms with Crippen LogP contribution >= 0.6 is 11.8 Å². The monoisotopic (exact) mass is 437 g/mol. The molecule has 2 aliphatic heterocycles. The zero-order valence-electron chi connectivity index (χ0n) is 18.2. The number of carbonyl (C=O) groups is 2. The molecule has 2 aliphatic carbocycles. The van der Waals surface area contributed by atoms with Crippen LogP contribution in [-0.4, -0.2) is 39.7 Å². The molecule has 3 atom stereocenters. The van der Waals surface area contributed by atoms with Gasteiger partial charge in [0.15, 0.2) is 5.17 Å². The van der Waals surface area contributed by atoms with Crippen LogP contribution in [0.2, 0.25) is 0 Å². The Hall–Kier alpha value is -2.08. The van der Waals surface area contributed by atoms with Crippen LogP contribution in [0.1, 0.15) is 51.0 Å². The molecule has 0 aromatic heterocycles. The van der Waals surface area contributed by atoms with Crippen molar-refractivity contribution in [1.82, 2.24) is 10.2 Å². The van der Waals surface area contributed by atoms with Crippen molar-refractivity contribution in [3.05, 3.63) is 47.7 Å². The molecular weight excluding hydrogens is 406 g/mol. The van der Waals surface area contributed by atoms with Crippen molar-refractivity contribution < 1.29 is 9.59 Å².